The summed E-state index contributed by atoms with van der Waals surface area (Å²) in [5, 5.41) is 0.915. The lowest BCUT2D eigenvalue weighted by molar-refractivity contribution is 0.392. The van der Waals surface area contributed by atoms with Gasteiger partial charge in [-0.3, -0.25) is 0 Å². The Balaban J connectivity index is 1.63. The second-order valence-corrected chi connectivity index (χ2v) is 9.96. The third-order valence-corrected chi connectivity index (χ3v) is 8.11. The van der Waals surface area contributed by atoms with E-state index >= 15 is 0 Å². The lowest BCUT2D eigenvalue weighted by atomic mass is 10.2. The van der Waals surface area contributed by atoms with Gasteiger partial charge in [0.1, 0.15) is 10.8 Å². The summed E-state index contributed by atoms with van der Waals surface area (Å²) < 4.78 is 33.2. The van der Waals surface area contributed by atoms with Crippen LogP contribution in [0.1, 0.15) is 21.7 Å². The van der Waals surface area contributed by atoms with Crippen LogP contribution in [0, 0.1) is 13.8 Å². The lowest BCUT2D eigenvalue weighted by Gasteiger charge is -2.26. The quantitative estimate of drug-likeness (QED) is 0.643. The van der Waals surface area contributed by atoms with Gasteiger partial charge in [0, 0.05) is 23.4 Å². The molecule has 0 aliphatic carbocycles. The van der Waals surface area contributed by atoms with Crippen LogP contribution >= 0.6 is 11.3 Å². The molecule has 1 aliphatic heterocycles. The van der Waals surface area contributed by atoms with Gasteiger partial charge in [0.05, 0.1) is 24.2 Å². The van der Waals surface area contributed by atoms with Gasteiger partial charge in [-0.2, -0.15) is 4.31 Å². The van der Waals surface area contributed by atoms with Gasteiger partial charge in [0.2, 0.25) is 10.0 Å². The maximum atomic E-state index is 13.2. The summed E-state index contributed by atoms with van der Waals surface area (Å²) >= 11 is 1.57. The molecule has 4 rings (SSSR count). The highest BCUT2D eigenvalue weighted by molar-refractivity contribution is 7.89. The molecule has 0 saturated heterocycles. The molecule has 0 fully saturated rings. The first-order valence-electron chi connectivity index (χ1n) is 9.09. The first kappa shape index (κ1) is 19.1. The topological polar surface area (TPSA) is 59.5 Å². The summed E-state index contributed by atoms with van der Waals surface area (Å²) in [5.74, 6) is 0.802. The molecule has 0 amide bonds. The van der Waals surface area contributed by atoms with E-state index in [4.69, 9.17) is 9.72 Å². The fraction of sp³-hybridized carbons (Fsp3) is 0.286. The molecule has 2 heterocycles. The molecule has 0 saturated carbocycles. The molecule has 7 heteroatoms. The monoisotopic (exact) mass is 414 g/mol. The highest BCUT2D eigenvalue weighted by atomic mass is 32.2. The fourth-order valence-electron chi connectivity index (χ4n) is 3.36. The van der Waals surface area contributed by atoms with Crippen molar-refractivity contribution in [2.45, 2.75) is 31.7 Å². The molecule has 0 spiro atoms. The van der Waals surface area contributed by atoms with Gasteiger partial charge in [0.25, 0.3) is 0 Å². The van der Waals surface area contributed by atoms with Gasteiger partial charge in [-0.15, -0.1) is 11.3 Å². The van der Waals surface area contributed by atoms with Crippen molar-refractivity contribution in [2.24, 2.45) is 0 Å². The van der Waals surface area contributed by atoms with Crippen molar-refractivity contribution in [1.29, 1.82) is 0 Å². The van der Waals surface area contributed by atoms with Crippen LogP contribution in [0.5, 0.6) is 5.75 Å². The summed E-state index contributed by atoms with van der Waals surface area (Å²) in [7, 11) is -1.89. The summed E-state index contributed by atoms with van der Waals surface area (Å²) in [6.07, 6.45) is 0.631. The predicted octanol–water partition coefficient (Wildman–Crippen LogP) is 4.18. The number of sulfonamides is 1. The predicted molar refractivity (Wildman–Crippen MR) is 111 cm³/mol. The van der Waals surface area contributed by atoms with Crippen LogP contribution in [0.15, 0.2) is 47.4 Å². The van der Waals surface area contributed by atoms with Crippen LogP contribution in [0.4, 0.5) is 0 Å². The van der Waals surface area contributed by atoms with E-state index in [1.54, 1.807) is 28.8 Å². The first-order valence-corrected chi connectivity index (χ1v) is 11.3. The Labute approximate surface area is 169 Å². The van der Waals surface area contributed by atoms with Crippen molar-refractivity contribution < 1.29 is 13.2 Å². The highest BCUT2D eigenvalue weighted by Crippen LogP contribution is 2.34. The number of rotatable bonds is 4. The molecule has 0 bridgehead atoms. The molecule has 146 valence electrons. The van der Waals surface area contributed by atoms with Crippen molar-refractivity contribution in [3.05, 3.63) is 64.2 Å². The molecule has 1 aliphatic rings. The molecular formula is C21H22N2O3S2. The van der Waals surface area contributed by atoms with E-state index < -0.39 is 10.0 Å². The number of aryl methyl sites for hydroxylation is 2. The fourth-order valence-corrected chi connectivity index (χ4v) is 6.29. The van der Waals surface area contributed by atoms with E-state index in [9.17, 15) is 8.42 Å². The van der Waals surface area contributed by atoms with Crippen molar-refractivity contribution in [3.8, 4) is 16.3 Å². The average Bonchev–Trinajstić information content (AvgIpc) is 3.13. The molecule has 3 aromatic rings. The van der Waals surface area contributed by atoms with E-state index in [0.29, 0.717) is 24.4 Å². The minimum atomic E-state index is -3.53. The molecule has 0 N–H and O–H groups in total. The van der Waals surface area contributed by atoms with E-state index in [2.05, 4.69) is 0 Å². The maximum Gasteiger partial charge on any atom is 0.243 e. The third kappa shape index (κ3) is 3.45. The van der Waals surface area contributed by atoms with E-state index in [-0.39, 0.29) is 0 Å². The number of fused-ring (bicyclic) bond motifs is 1. The SMILES string of the molecule is COc1ccc(-c2nc3c(s2)CN(S(=O)(=O)c2cc(C)ccc2C)CC3)cc1. The van der Waals surface area contributed by atoms with Crippen LogP contribution in [0.3, 0.4) is 0 Å². The number of nitrogens with zero attached hydrogens (tertiary/aromatic N) is 2. The molecule has 0 atom stereocenters. The molecule has 0 unspecified atom stereocenters. The number of ether oxygens (including phenoxy) is 1. The van der Waals surface area contributed by atoms with Gasteiger partial charge in [-0.25, -0.2) is 13.4 Å². The summed E-state index contributed by atoms with van der Waals surface area (Å²) in [6.45, 7) is 4.58. The van der Waals surface area contributed by atoms with Crippen LogP contribution in [-0.4, -0.2) is 31.4 Å². The normalized spacial score (nSPS) is 14.7. The average molecular weight is 415 g/mol. The lowest BCUT2D eigenvalue weighted by Crippen LogP contribution is -2.35. The molecule has 28 heavy (non-hydrogen) atoms. The zero-order valence-corrected chi connectivity index (χ0v) is 17.7. The van der Waals surface area contributed by atoms with Crippen molar-refractivity contribution in [2.75, 3.05) is 13.7 Å². The van der Waals surface area contributed by atoms with Gasteiger partial charge in [-0.05, 0) is 55.3 Å². The van der Waals surface area contributed by atoms with Crippen molar-refractivity contribution >= 4 is 21.4 Å². The zero-order chi connectivity index (χ0) is 19.9. The Bertz CT molecular complexity index is 1120. The van der Waals surface area contributed by atoms with Crippen LogP contribution in [-0.2, 0) is 23.0 Å². The molecular weight excluding hydrogens is 392 g/mol. The first-order chi connectivity index (χ1) is 13.4. The maximum absolute atomic E-state index is 13.2. The number of thiazole rings is 1. The van der Waals surface area contributed by atoms with Gasteiger partial charge in [-0.1, -0.05) is 12.1 Å². The number of hydrogen-bond donors (Lipinski definition) is 0. The standard InChI is InChI=1S/C21H22N2O3S2/c1-14-4-5-15(2)20(12-14)28(24,25)23-11-10-18-19(13-23)27-21(22-18)16-6-8-17(26-3)9-7-16/h4-9,12H,10-11,13H2,1-3H3. The third-order valence-electron chi connectivity index (χ3n) is 4.99. The van der Waals surface area contributed by atoms with Gasteiger partial charge >= 0.3 is 0 Å². The Hall–Kier alpha value is -2.22. The second kappa shape index (κ2) is 7.31. The Morgan fingerprint density at radius 3 is 2.57 bits per heavy atom. The van der Waals surface area contributed by atoms with Gasteiger partial charge < -0.3 is 4.74 Å². The van der Waals surface area contributed by atoms with E-state index in [1.165, 1.54) is 0 Å². The Morgan fingerprint density at radius 2 is 1.86 bits per heavy atom. The van der Waals surface area contributed by atoms with Gasteiger partial charge in [0.15, 0.2) is 0 Å². The summed E-state index contributed by atoms with van der Waals surface area (Å²) in [6, 6.07) is 13.3. The molecule has 0 radical (unpaired) electrons. The number of aromatic nitrogens is 1. The van der Waals surface area contributed by atoms with E-state index in [0.717, 1.165) is 38.0 Å². The molecule has 2 aromatic carbocycles. The largest absolute Gasteiger partial charge is 0.497 e. The van der Waals surface area contributed by atoms with E-state index in [1.807, 2.05) is 50.2 Å². The van der Waals surface area contributed by atoms with Crippen LogP contribution in [0.25, 0.3) is 10.6 Å². The Kier molecular flexibility index (Phi) is 4.99. The minimum absolute atomic E-state index is 0.374. The second-order valence-electron chi connectivity index (χ2n) is 6.97. The summed E-state index contributed by atoms with van der Waals surface area (Å²) in [4.78, 5) is 6.17. The number of hydrogen-bond acceptors (Lipinski definition) is 5. The van der Waals surface area contributed by atoms with Crippen molar-refractivity contribution in [3.63, 3.8) is 0 Å². The number of methoxy groups -OCH3 is 1. The summed E-state index contributed by atoms with van der Waals surface area (Å²) in [5.41, 5.74) is 3.74. The number of benzene rings is 2. The molecule has 5 nitrogen and oxygen atoms in total. The van der Waals surface area contributed by atoms with Crippen LogP contribution < -0.4 is 4.74 Å². The Morgan fingerprint density at radius 1 is 1.11 bits per heavy atom. The minimum Gasteiger partial charge on any atom is -0.497 e. The molecule has 1 aromatic heterocycles. The van der Waals surface area contributed by atoms with Crippen molar-refractivity contribution in [1.82, 2.24) is 9.29 Å². The zero-order valence-electron chi connectivity index (χ0n) is 16.1. The smallest absolute Gasteiger partial charge is 0.243 e. The van der Waals surface area contributed by atoms with Crippen LogP contribution in [0.2, 0.25) is 0 Å². The highest BCUT2D eigenvalue weighted by Gasteiger charge is 2.31.